The van der Waals surface area contributed by atoms with Crippen LogP contribution >= 0.6 is 0 Å². The average molecular weight is 282 g/mol. The van der Waals surface area contributed by atoms with Crippen molar-refractivity contribution in [3.8, 4) is 6.07 Å². The van der Waals surface area contributed by atoms with Crippen molar-refractivity contribution < 1.29 is 9.53 Å². The first kappa shape index (κ1) is 18.4. The minimum Gasteiger partial charge on any atom is -0.390 e. The summed E-state index contributed by atoms with van der Waals surface area (Å²) in [7, 11) is 1.56. The Morgan fingerprint density at radius 2 is 2.05 bits per heavy atom. The molecule has 0 atom stereocenters. The quantitative estimate of drug-likeness (QED) is 0.327. The summed E-state index contributed by atoms with van der Waals surface area (Å²) in [5.74, 6) is -0.374. The molecule has 0 aliphatic rings. The number of ether oxygens (including phenoxy) is 1. The van der Waals surface area contributed by atoms with E-state index in [0.717, 1.165) is 32.6 Å². The molecule has 0 aromatic rings. The van der Waals surface area contributed by atoms with E-state index in [1.165, 1.54) is 6.20 Å². The lowest BCUT2D eigenvalue weighted by atomic mass is 10.3. The molecule has 0 fully saturated rings. The minimum absolute atomic E-state index is 0.0870. The zero-order valence-corrected chi connectivity index (χ0v) is 12.7. The van der Waals surface area contributed by atoms with Gasteiger partial charge in [0.05, 0.1) is 6.61 Å². The summed E-state index contributed by atoms with van der Waals surface area (Å²) in [4.78, 5) is 13.9. The fourth-order valence-corrected chi connectivity index (χ4v) is 1.63. The van der Waals surface area contributed by atoms with E-state index in [2.05, 4.69) is 29.4 Å². The highest BCUT2D eigenvalue weighted by molar-refractivity contribution is 5.97. The van der Waals surface area contributed by atoms with Gasteiger partial charge in [0.25, 0.3) is 5.91 Å². The third-order valence-corrected chi connectivity index (χ3v) is 2.89. The second-order valence-corrected chi connectivity index (χ2v) is 4.25. The molecule has 0 bridgehead atoms. The number of carbonyl (C=O) groups is 1. The average Bonchev–Trinajstić information content (AvgIpc) is 2.47. The number of carbonyl (C=O) groups excluding carboxylic acids is 1. The second-order valence-electron chi connectivity index (χ2n) is 4.25. The minimum atomic E-state index is -0.374. The summed E-state index contributed by atoms with van der Waals surface area (Å²) in [6.45, 7) is 8.93. The molecule has 0 spiro atoms. The molecular weight excluding hydrogens is 256 g/mol. The zero-order valence-electron chi connectivity index (χ0n) is 12.7. The molecule has 0 unspecified atom stereocenters. The molecule has 20 heavy (non-hydrogen) atoms. The number of rotatable bonds is 11. The lowest BCUT2D eigenvalue weighted by Crippen LogP contribution is -2.29. The Morgan fingerprint density at radius 3 is 2.60 bits per heavy atom. The van der Waals surface area contributed by atoms with Crippen molar-refractivity contribution in [1.29, 1.82) is 5.26 Å². The number of nitriles is 1. The van der Waals surface area contributed by atoms with Gasteiger partial charge < -0.3 is 20.3 Å². The number of methoxy groups -OCH3 is 1. The molecule has 6 heteroatoms. The van der Waals surface area contributed by atoms with Crippen LogP contribution in [0, 0.1) is 11.3 Å². The van der Waals surface area contributed by atoms with Crippen molar-refractivity contribution in [2.75, 3.05) is 46.4 Å². The lowest BCUT2D eigenvalue weighted by molar-refractivity contribution is -0.117. The van der Waals surface area contributed by atoms with Crippen LogP contribution in [0.4, 0.5) is 0 Å². The third-order valence-electron chi connectivity index (χ3n) is 2.89. The number of nitrogens with one attached hydrogen (secondary N) is 2. The summed E-state index contributed by atoms with van der Waals surface area (Å²) < 4.78 is 4.82. The smallest absolute Gasteiger partial charge is 0.263 e. The van der Waals surface area contributed by atoms with Crippen molar-refractivity contribution in [2.45, 2.75) is 20.3 Å². The van der Waals surface area contributed by atoms with E-state index in [1.54, 1.807) is 7.11 Å². The fraction of sp³-hybridized carbons (Fsp3) is 0.714. The van der Waals surface area contributed by atoms with E-state index in [4.69, 9.17) is 10.00 Å². The fourth-order valence-electron chi connectivity index (χ4n) is 1.63. The Hall–Kier alpha value is -1.58. The van der Waals surface area contributed by atoms with Crippen LogP contribution in [-0.4, -0.2) is 57.2 Å². The van der Waals surface area contributed by atoms with Gasteiger partial charge in [0.2, 0.25) is 0 Å². The van der Waals surface area contributed by atoms with Gasteiger partial charge in [-0.2, -0.15) is 5.26 Å². The highest BCUT2D eigenvalue weighted by atomic mass is 16.5. The predicted octanol–water partition coefficient (Wildman–Crippen LogP) is 0.478. The molecule has 0 radical (unpaired) electrons. The zero-order chi connectivity index (χ0) is 15.2. The monoisotopic (exact) mass is 282 g/mol. The molecular formula is C14H26N4O2. The summed E-state index contributed by atoms with van der Waals surface area (Å²) >= 11 is 0. The van der Waals surface area contributed by atoms with Crippen molar-refractivity contribution in [3.63, 3.8) is 0 Å². The Labute approximate surface area is 121 Å². The highest BCUT2D eigenvalue weighted by Gasteiger charge is 2.07. The summed E-state index contributed by atoms with van der Waals surface area (Å²) in [5, 5.41) is 14.5. The summed E-state index contributed by atoms with van der Waals surface area (Å²) in [6.07, 6.45) is 2.45. The molecule has 114 valence electrons. The van der Waals surface area contributed by atoms with Gasteiger partial charge in [0.15, 0.2) is 0 Å². The molecule has 2 N–H and O–H groups in total. The van der Waals surface area contributed by atoms with E-state index in [9.17, 15) is 4.79 Å². The van der Waals surface area contributed by atoms with E-state index < -0.39 is 0 Å². The normalized spacial score (nSPS) is 11.2. The maximum absolute atomic E-state index is 11.6. The number of hydrogen-bond acceptors (Lipinski definition) is 5. The third kappa shape index (κ3) is 8.51. The Morgan fingerprint density at radius 1 is 1.35 bits per heavy atom. The van der Waals surface area contributed by atoms with Gasteiger partial charge in [-0.25, -0.2) is 0 Å². The first-order valence-corrected chi connectivity index (χ1v) is 7.02. The van der Waals surface area contributed by atoms with Crippen LogP contribution in [0.1, 0.15) is 20.3 Å². The van der Waals surface area contributed by atoms with Crippen LogP contribution < -0.4 is 10.6 Å². The standard InChI is InChI=1S/C14H26N4O2/c1-4-18(5-2)9-6-7-16-12-13(11-15)14(19)17-8-10-20-3/h12,16H,4-10H2,1-3H3,(H,17,19)/b13-12-. The van der Waals surface area contributed by atoms with Gasteiger partial charge in [0, 0.05) is 26.4 Å². The lowest BCUT2D eigenvalue weighted by Gasteiger charge is -2.17. The van der Waals surface area contributed by atoms with Crippen LogP contribution in [0.5, 0.6) is 0 Å². The molecule has 0 rings (SSSR count). The maximum atomic E-state index is 11.6. The van der Waals surface area contributed by atoms with Crippen molar-refractivity contribution in [1.82, 2.24) is 15.5 Å². The molecule has 6 nitrogen and oxygen atoms in total. The maximum Gasteiger partial charge on any atom is 0.263 e. The molecule has 0 aliphatic carbocycles. The summed E-state index contributed by atoms with van der Waals surface area (Å²) in [6, 6.07) is 1.89. The van der Waals surface area contributed by atoms with Gasteiger partial charge in [0.1, 0.15) is 11.6 Å². The van der Waals surface area contributed by atoms with E-state index in [0.29, 0.717) is 13.2 Å². The second kappa shape index (κ2) is 12.5. The van der Waals surface area contributed by atoms with Crippen LogP contribution in [0.2, 0.25) is 0 Å². The van der Waals surface area contributed by atoms with Crippen molar-refractivity contribution in [3.05, 3.63) is 11.8 Å². The molecule has 0 saturated carbocycles. The van der Waals surface area contributed by atoms with Crippen LogP contribution in [0.15, 0.2) is 11.8 Å². The molecule has 1 amide bonds. The van der Waals surface area contributed by atoms with Crippen molar-refractivity contribution in [2.24, 2.45) is 0 Å². The van der Waals surface area contributed by atoms with Crippen LogP contribution in [0.25, 0.3) is 0 Å². The van der Waals surface area contributed by atoms with Gasteiger partial charge in [-0.1, -0.05) is 13.8 Å². The first-order chi connectivity index (χ1) is 9.69. The van der Waals surface area contributed by atoms with E-state index >= 15 is 0 Å². The highest BCUT2D eigenvalue weighted by Crippen LogP contribution is 1.92. The Balaban J connectivity index is 3.95. The van der Waals surface area contributed by atoms with E-state index in [-0.39, 0.29) is 11.5 Å². The van der Waals surface area contributed by atoms with Crippen LogP contribution in [0.3, 0.4) is 0 Å². The molecule has 0 aliphatic heterocycles. The SMILES string of the molecule is CCN(CC)CCCN/C=C(/C#N)C(=O)NCCOC. The van der Waals surface area contributed by atoms with Gasteiger partial charge >= 0.3 is 0 Å². The van der Waals surface area contributed by atoms with E-state index in [1.807, 2.05) is 6.07 Å². The predicted molar refractivity (Wildman–Crippen MR) is 79.0 cm³/mol. The first-order valence-electron chi connectivity index (χ1n) is 7.02. The molecule has 0 saturated heterocycles. The summed E-state index contributed by atoms with van der Waals surface area (Å²) in [5.41, 5.74) is 0.0870. The van der Waals surface area contributed by atoms with Crippen LogP contribution in [-0.2, 0) is 9.53 Å². The number of amides is 1. The molecule has 0 heterocycles. The topological polar surface area (TPSA) is 77.4 Å². The van der Waals surface area contributed by atoms with Gasteiger partial charge in [-0.15, -0.1) is 0 Å². The van der Waals surface area contributed by atoms with Gasteiger partial charge in [-0.3, -0.25) is 4.79 Å². The number of hydrogen-bond donors (Lipinski definition) is 2. The van der Waals surface area contributed by atoms with Crippen molar-refractivity contribution >= 4 is 5.91 Å². The number of nitrogens with zero attached hydrogens (tertiary/aromatic N) is 2. The Kier molecular flexibility index (Phi) is 11.5. The van der Waals surface area contributed by atoms with Gasteiger partial charge in [-0.05, 0) is 26.1 Å². The Bertz CT molecular complexity index is 333. The molecule has 0 aromatic carbocycles. The molecule has 0 aromatic heterocycles. The largest absolute Gasteiger partial charge is 0.390 e.